The molecule has 0 aromatic heterocycles. The molecule has 66 valence electrons. The van der Waals surface area contributed by atoms with E-state index in [1.54, 1.807) is 0 Å². The first-order chi connectivity index (χ1) is 5.24. The largest absolute Gasteiger partial charge is 0.300 e. The summed E-state index contributed by atoms with van der Waals surface area (Å²) < 4.78 is 0. The Morgan fingerprint density at radius 2 is 2.00 bits per heavy atom. The lowest BCUT2D eigenvalue weighted by Crippen LogP contribution is -2.49. The Hall–Kier alpha value is -0.0400. The Morgan fingerprint density at radius 3 is 2.45 bits per heavy atom. The summed E-state index contributed by atoms with van der Waals surface area (Å²) in [6.07, 6.45) is 4.24. The molecule has 1 rings (SSSR count). The van der Waals surface area contributed by atoms with Crippen molar-refractivity contribution in [3.8, 4) is 0 Å². The Balaban J connectivity index is 2.00. The van der Waals surface area contributed by atoms with Crippen LogP contribution >= 0.6 is 0 Å². The molecular weight excluding hydrogens is 134 g/mol. The highest BCUT2D eigenvalue weighted by Gasteiger charge is 2.27. The van der Waals surface area contributed by atoms with Gasteiger partial charge in [0.1, 0.15) is 0 Å². The second-order valence-electron chi connectivity index (χ2n) is 4.06. The molecule has 0 amide bonds. The number of likely N-dealkylation sites (tertiary alicyclic amines) is 1. The molecule has 0 atom stereocenters. The minimum atomic E-state index is 0.771. The molecule has 1 nitrogen and oxygen atoms in total. The molecule has 0 aliphatic carbocycles. The van der Waals surface area contributed by atoms with Crippen molar-refractivity contribution < 1.29 is 0 Å². The summed E-state index contributed by atoms with van der Waals surface area (Å²) in [7, 11) is 0. The third-order valence-electron chi connectivity index (χ3n) is 2.68. The van der Waals surface area contributed by atoms with Crippen LogP contribution in [0.1, 0.15) is 40.0 Å². The van der Waals surface area contributed by atoms with Gasteiger partial charge < -0.3 is 4.90 Å². The monoisotopic (exact) mass is 155 g/mol. The van der Waals surface area contributed by atoms with Gasteiger partial charge in [-0.05, 0) is 26.2 Å². The van der Waals surface area contributed by atoms with Gasteiger partial charge in [-0.25, -0.2) is 0 Å². The van der Waals surface area contributed by atoms with E-state index in [2.05, 4.69) is 25.7 Å². The van der Waals surface area contributed by atoms with Crippen LogP contribution in [-0.4, -0.2) is 24.0 Å². The van der Waals surface area contributed by atoms with Crippen molar-refractivity contribution in [2.24, 2.45) is 5.92 Å². The maximum atomic E-state index is 2.56. The molecule has 0 radical (unpaired) electrons. The van der Waals surface area contributed by atoms with E-state index < -0.39 is 0 Å². The fourth-order valence-electron chi connectivity index (χ4n) is 1.71. The van der Waals surface area contributed by atoms with E-state index in [-0.39, 0.29) is 0 Å². The third-order valence-corrected chi connectivity index (χ3v) is 2.68. The van der Waals surface area contributed by atoms with Crippen LogP contribution in [-0.2, 0) is 0 Å². The first kappa shape index (κ1) is 9.05. The summed E-state index contributed by atoms with van der Waals surface area (Å²) in [5, 5.41) is 0. The van der Waals surface area contributed by atoms with E-state index in [1.165, 1.54) is 32.4 Å². The van der Waals surface area contributed by atoms with E-state index in [4.69, 9.17) is 0 Å². The predicted molar refractivity (Wildman–Crippen MR) is 49.7 cm³/mol. The lowest BCUT2D eigenvalue weighted by atomic mass is 9.93. The normalized spacial score (nSPS) is 20.7. The predicted octanol–water partition coefficient (Wildman–Crippen LogP) is 2.52. The van der Waals surface area contributed by atoms with Crippen molar-refractivity contribution in [3.63, 3.8) is 0 Å². The molecule has 1 aliphatic heterocycles. The number of nitrogens with zero attached hydrogens (tertiary/aromatic N) is 1. The van der Waals surface area contributed by atoms with Gasteiger partial charge >= 0.3 is 0 Å². The van der Waals surface area contributed by atoms with Gasteiger partial charge in [0.05, 0.1) is 0 Å². The van der Waals surface area contributed by atoms with Crippen molar-refractivity contribution >= 4 is 0 Å². The van der Waals surface area contributed by atoms with Gasteiger partial charge in [-0.1, -0.05) is 19.8 Å². The molecule has 11 heavy (non-hydrogen) atoms. The summed E-state index contributed by atoms with van der Waals surface area (Å²) in [6.45, 7) is 9.57. The van der Waals surface area contributed by atoms with E-state index in [0.29, 0.717) is 0 Å². The van der Waals surface area contributed by atoms with Crippen molar-refractivity contribution in [2.45, 2.75) is 46.1 Å². The van der Waals surface area contributed by atoms with Crippen molar-refractivity contribution in [1.82, 2.24) is 4.90 Å². The van der Waals surface area contributed by atoms with Gasteiger partial charge in [0.25, 0.3) is 0 Å². The zero-order valence-corrected chi connectivity index (χ0v) is 8.14. The quantitative estimate of drug-likeness (QED) is 0.603. The highest BCUT2D eigenvalue weighted by Crippen LogP contribution is 2.22. The Bertz CT molecular complexity index is 103. The molecule has 1 aliphatic rings. The van der Waals surface area contributed by atoms with Crippen LogP contribution in [0.5, 0.6) is 0 Å². The van der Waals surface area contributed by atoms with Crippen LogP contribution in [0.4, 0.5) is 0 Å². The number of unbranched alkanes of at least 4 members (excludes halogenated alkanes) is 1. The third kappa shape index (κ3) is 2.48. The second kappa shape index (κ2) is 4.10. The average Bonchev–Trinajstić information content (AvgIpc) is 1.84. The van der Waals surface area contributed by atoms with Crippen LogP contribution in [0.3, 0.4) is 0 Å². The minimum Gasteiger partial charge on any atom is -0.300 e. The molecule has 0 N–H and O–H groups in total. The maximum absolute atomic E-state index is 2.56. The first-order valence-electron chi connectivity index (χ1n) is 4.98. The van der Waals surface area contributed by atoms with Crippen LogP contribution in [0, 0.1) is 5.92 Å². The zero-order valence-electron chi connectivity index (χ0n) is 8.14. The molecule has 0 aromatic carbocycles. The summed E-state index contributed by atoms with van der Waals surface area (Å²) in [6, 6.07) is 0.771. The molecule has 1 fully saturated rings. The zero-order chi connectivity index (χ0) is 8.27. The van der Waals surface area contributed by atoms with E-state index in [0.717, 1.165) is 12.0 Å². The Morgan fingerprint density at radius 1 is 1.36 bits per heavy atom. The fourth-order valence-corrected chi connectivity index (χ4v) is 1.71. The fraction of sp³-hybridized carbons (Fsp3) is 1.00. The Kier molecular flexibility index (Phi) is 3.38. The van der Waals surface area contributed by atoms with Crippen LogP contribution in [0.25, 0.3) is 0 Å². The SMILES string of the molecule is CCCCC1CN(C(C)C)C1. The molecule has 1 heteroatoms. The highest BCUT2D eigenvalue weighted by atomic mass is 15.2. The standard InChI is InChI=1S/C10H21N/c1-4-5-6-10-7-11(8-10)9(2)3/h9-10H,4-8H2,1-3H3. The van der Waals surface area contributed by atoms with Gasteiger partial charge in [0.15, 0.2) is 0 Å². The van der Waals surface area contributed by atoms with Gasteiger partial charge in [0, 0.05) is 19.1 Å². The number of hydrogen-bond donors (Lipinski definition) is 0. The molecule has 1 saturated heterocycles. The van der Waals surface area contributed by atoms with Crippen LogP contribution in [0.15, 0.2) is 0 Å². The number of hydrogen-bond acceptors (Lipinski definition) is 1. The molecule has 0 spiro atoms. The molecule has 0 saturated carbocycles. The van der Waals surface area contributed by atoms with E-state index in [9.17, 15) is 0 Å². The number of rotatable bonds is 4. The van der Waals surface area contributed by atoms with Crippen molar-refractivity contribution in [2.75, 3.05) is 13.1 Å². The smallest absolute Gasteiger partial charge is 0.00388 e. The highest BCUT2D eigenvalue weighted by molar-refractivity contribution is 4.81. The van der Waals surface area contributed by atoms with Gasteiger partial charge in [-0.15, -0.1) is 0 Å². The van der Waals surface area contributed by atoms with Crippen molar-refractivity contribution in [3.05, 3.63) is 0 Å². The van der Waals surface area contributed by atoms with Crippen LogP contribution in [0.2, 0.25) is 0 Å². The van der Waals surface area contributed by atoms with Crippen molar-refractivity contribution in [1.29, 1.82) is 0 Å². The topological polar surface area (TPSA) is 3.24 Å². The van der Waals surface area contributed by atoms with E-state index >= 15 is 0 Å². The summed E-state index contributed by atoms with van der Waals surface area (Å²) in [5.74, 6) is 1.03. The van der Waals surface area contributed by atoms with Gasteiger partial charge in [-0.3, -0.25) is 0 Å². The molecule has 0 unspecified atom stereocenters. The first-order valence-corrected chi connectivity index (χ1v) is 4.98. The summed E-state index contributed by atoms with van der Waals surface area (Å²) in [4.78, 5) is 2.56. The summed E-state index contributed by atoms with van der Waals surface area (Å²) in [5.41, 5.74) is 0. The maximum Gasteiger partial charge on any atom is 0.00388 e. The average molecular weight is 155 g/mol. The molecule has 0 bridgehead atoms. The summed E-state index contributed by atoms with van der Waals surface area (Å²) >= 11 is 0. The molecule has 0 aromatic rings. The Labute approximate surface area is 70.8 Å². The van der Waals surface area contributed by atoms with Gasteiger partial charge in [-0.2, -0.15) is 0 Å². The minimum absolute atomic E-state index is 0.771. The lowest BCUT2D eigenvalue weighted by Gasteiger charge is -2.42. The van der Waals surface area contributed by atoms with E-state index in [1.807, 2.05) is 0 Å². The lowest BCUT2D eigenvalue weighted by molar-refractivity contribution is 0.0615. The van der Waals surface area contributed by atoms with Gasteiger partial charge in [0.2, 0.25) is 0 Å². The second-order valence-corrected chi connectivity index (χ2v) is 4.06. The molecular formula is C10H21N. The van der Waals surface area contributed by atoms with Crippen LogP contribution < -0.4 is 0 Å². The molecule has 1 heterocycles.